The number of halogens is 1. The van der Waals surface area contributed by atoms with Crippen molar-refractivity contribution in [3.63, 3.8) is 0 Å². The number of hydrogen-bond acceptors (Lipinski definition) is 8. The van der Waals surface area contributed by atoms with Crippen molar-refractivity contribution in [1.82, 2.24) is 0 Å². The van der Waals surface area contributed by atoms with E-state index in [4.69, 9.17) is 9.47 Å². The van der Waals surface area contributed by atoms with Gasteiger partial charge in [-0.15, -0.1) is 0 Å². The van der Waals surface area contributed by atoms with E-state index in [0.717, 1.165) is 15.7 Å². The van der Waals surface area contributed by atoms with Gasteiger partial charge in [0, 0.05) is 32.5 Å². The molecule has 0 atom stereocenters. The van der Waals surface area contributed by atoms with E-state index in [2.05, 4.69) is 33.2 Å². The number of nitrogens with one attached hydrogen (secondary N) is 2. The van der Waals surface area contributed by atoms with Gasteiger partial charge in [0.2, 0.25) is 0 Å². The second-order valence-electron chi connectivity index (χ2n) is 8.77. The van der Waals surface area contributed by atoms with E-state index in [1.807, 2.05) is 0 Å². The summed E-state index contributed by atoms with van der Waals surface area (Å²) in [5.41, 5.74) is -0.0942. The zero-order valence-electron chi connectivity index (χ0n) is 22.3. The van der Waals surface area contributed by atoms with Crippen LogP contribution in [0.5, 0.6) is 11.5 Å². The van der Waals surface area contributed by atoms with Crippen LogP contribution in [-0.4, -0.2) is 40.4 Å². The van der Waals surface area contributed by atoms with Crippen molar-refractivity contribution < 1.29 is 38.7 Å². The molecule has 0 heterocycles. The summed E-state index contributed by atoms with van der Waals surface area (Å²) >= 11 is 2.12. The fraction of sp³-hybridized carbons (Fsp3) is 0.0667. The number of anilines is 2. The number of carboxylic acid groups (broad SMARTS) is 1. The topological polar surface area (TPSA) is 174 Å². The first kappa shape index (κ1) is 30.6. The summed E-state index contributed by atoms with van der Waals surface area (Å²) in [7, 11) is 0. The van der Waals surface area contributed by atoms with Crippen LogP contribution in [0.2, 0.25) is 0 Å². The molecule has 0 radical (unpaired) electrons. The fourth-order valence-corrected chi connectivity index (χ4v) is 4.19. The first-order valence-electron chi connectivity index (χ1n) is 12.5. The van der Waals surface area contributed by atoms with Crippen LogP contribution in [0.1, 0.15) is 48.4 Å². The largest absolute Gasteiger partial charge is 0.478 e. The van der Waals surface area contributed by atoms with Crippen molar-refractivity contribution in [3.8, 4) is 11.5 Å². The standard InChI is InChI=1S/C30H22IN3O9/c1-2-42-30(39)23-12-11-22(16-24(23)29(37)38)43-26-13-10-20(32-27(35)17-6-8-19(31)9-7-17)15-25(26)33-28(36)18-4-3-5-21(14-18)34(40)41/h3-16H,2H2,1H3,(H,32,35)(H,33,36)(H,37,38). The van der Waals surface area contributed by atoms with Crippen LogP contribution in [0, 0.1) is 13.7 Å². The number of nitro groups is 1. The highest BCUT2D eigenvalue weighted by atomic mass is 127. The molecular formula is C30H22IN3O9. The number of carbonyl (C=O) groups excluding carboxylic acids is 3. The average molecular weight is 695 g/mol. The molecule has 0 saturated carbocycles. The molecule has 12 nitrogen and oxygen atoms in total. The van der Waals surface area contributed by atoms with E-state index in [-0.39, 0.29) is 51.9 Å². The highest BCUT2D eigenvalue weighted by Crippen LogP contribution is 2.34. The third-order valence-corrected chi connectivity index (χ3v) is 6.57. The lowest BCUT2D eigenvalue weighted by atomic mass is 10.1. The van der Waals surface area contributed by atoms with Gasteiger partial charge in [0.15, 0.2) is 5.75 Å². The molecule has 4 aromatic rings. The van der Waals surface area contributed by atoms with Gasteiger partial charge < -0.3 is 25.2 Å². The highest BCUT2D eigenvalue weighted by Gasteiger charge is 2.20. The maximum absolute atomic E-state index is 13.1. The molecule has 0 aromatic heterocycles. The Morgan fingerprint density at radius 3 is 2.26 bits per heavy atom. The Labute approximate surface area is 257 Å². The van der Waals surface area contributed by atoms with Gasteiger partial charge in [-0.05, 0) is 96.2 Å². The lowest BCUT2D eigenvalue weighted by Gasteiger charge is -2.16. The van der Waals surface area contributed by atoms with Gasteiger partial charge >= 0.3 is 11.9 Å². The molecule has 0 aliphatic carbocycles. The van der Waals surface area contributed by atoms with Gasteiger partial charge in [-0.25, -0.2) is 9.59 Å². The predicted molar refractivity (Wildman–Crippen MR) is 164 cm³/mol. The van der Waals surface area contributed by atoms with E-state index in [1.165, 1.54) is 48.5 Å². The zero-order chi connectivity index (χ0) is 31.1. The lowest BCUT2D eigenvalue weighted by molar-refractivity contribution is -0.384. The first-order valence-corrected chi connectivity index (χ1v) is 13.6. The Morgan fingerprint density at radius 1 is 0.860 bits per heavy atom. The molecule has 0 bridgehead atoms. The van der Waals surface area contributed by atoms with E-state index >= 15 is 0 Å². The smallest absolute Gasteiger partial charge is 0.339 e. The monoisotopic (exact) mass is 695 g/mol. The van der Waals surface area contributed by atoms with Crippen LogP contribution in [-0.2, 0) is 4.74 Å². The van der Waals surface area contributed by atoms with Crippen LogP contribution in [0.15, 0.2) is 84.9 Å². The van der Waals surface area contributed by atoms with Crippen molar-refractivity contribution in [2.75, 3.05) is 17.2 Å². The number of carbonyl (C=O) groups is 4. The summed E-state index contributed by atoms with van der Waals surface area (Å²) in [6.45, 7) is 1.64. The van der Waals surface area contributed by atoms with Crippen LogP contribution >= 0.6 is 22.6 Å². The summed E-state index contributed by atoms with van der Waals surface area (Å²) in [4.78, 5) is 60.5. The third kappa shape index (κ3) is 7.71. The SMILES string of the molecule is CCOC(=O)c1ccc(Oc2ccc(NC(=O)c3ccc(I)cc3)cc2NC(=O)c2cccc([N+](=O)[O-])c2)cc1C(=O)O. The molecular weight excluding hydrogens is 673 g/mol. The second kappa shape index (κ2) is 13.6. The van der Waals surface area contributed by atoms with Crippen LogP contribution < -0.4 is 15.4 Å². The number of esters is 1. The second-order valence-corrected chi connectivity index (χ2v) is 10.0. The molecule has 4 rings (SSSR count). The van der Waals surface area contributed by atoms with Gasteiger partial charge in [-0.2, -0.15) is 0 Å². The summed E-state index contributed by atoms with van der Waals surface area (Å²) < 4.78 is 11.8. The summed E-state index contributed by atoms with van der Waals surface area (Å²) in [5.74, 6) is -3.26. The Morgan fingerprint density at radius 2 is 1.58 bits per heavy atom. The number of nitro benzene ring substituents is 1. The van der Waals surface area contributed by atoms with Crippen molar-refractivity contribution in [3.05, 3.63) is 121 Å². The van der Waals surface area contributed by atoms with E-state index in [9.17, 15) is 34.4 Å². The van der Waals surface area contributed by atoms with E-state index < -0.39 is 28.7 Å². The van der Waals surface area contributed by atoms with Crippen LogP contribution in [0.4, 0.5) is 17.1 Å². The first-order chi connectivity index (χ1) is 20.5. The summed E-state index contributed by atoms with van der Waals surface area (Å²) in [6.07, 6.45) is 0. The summed E-state index contributed by atoms with van der Waals surface area (Å²) in [6, 6.07) is 20.0. The molecule has 13 heteroatoms. The Kier molecular flexibility index (Phi) is 9.67. The molecule has 4 aromatic carbocycles. The number of aromatic carboxylic acids is 1. The molecule has 218 valence electrons. The van der Waals surface area contributed by atoms with Crippen molar-refractivity contribution in [1.29, 1.82) is 0 Å². The number of non-ortho nitro benzene ring substituents is 1. The average Bonchev–Trinajstić information content (AvgIpc) is 2.98. The number of carboxylic acids is 1. The van der Waals surface area contributed by atoms with Crippen molar-refractivity contribution in [2.24, 2.45) is 0 Å². The van der Waals surface area contributed by atoms with Crippen LogP contribution in [0.25, 0.3) is 0 Å². The summed E-state index contributed by atoms with van der Waals surface area (Å²) in [5, 5.41) is 26.2. The number of nitrogens with zero attached hydrogens (tertiary/aromatic N) is 1. The molecule has 2 amide bonds. The van der Waals surface area contributed by atoms with Crippen molar-refractivity contribution in [2.45, 2.75) is 6.92 Å². The molecule has 0 unspecified atom stereocenters. The molecule has 0 aliphatic heterocycles. The maximum Gasteiger partial charge on any atom is 0.339 e. The minimum Gasteiger partial charge on any atom is -0.478 e. The fourth-order valence-electron chi connectivity index (χ4n) is 3.83. The Hall–Kier alpha value is -5.31. The molecule has 0 aliphatic rings. The molecule has 0 spiro atoms. The van der Waals surface area contributed by atoms with Gasteiger partial charge in [0.1, 0.15) is 5.75 Å². The van der Waals surface area contributed by atoms with Gasteiger partial charge in [-0.3, -0.25) is 19.7 Å². The van der Waals surface area contributed by atoms with E-state index in [1.54, 1.807) is 31.2 Å². The van der Waals surface area contributed by atoms with Gasteiger partial charge in [0.25, 0.3) is 17.5 Å². The highest BCUT2D eigenvalue weighted by molar-refractivity contribution is 14.1. The number of amides is 2. The number of rotatable bonds is 10. The van der Waals surface area contributed by atoms with Gasteiger partial charge in [-0.1, -0.05) is 6.07 Å². The predicted octanol–water partition coefficient (Wildman–Crippen LogP) is 6.37. The molecule has 0 fully saturated rings. The van der Waals surface area contributed by atoms with E-state index in [0.29, 0.717) is 5.56 Å². The minimum atomic E-state index is -1.39. The molecule has 43 heavy (non-hydrogen) atoms. The zero-order valence-corrected chi connectivity index (χ0v) is 24.5. The Bertz CT molecular complexity index is 1740. The van der Waals surface area contributed by atoms with Gasteiger partial charge in [0.05, 0.1) is 28.3 Å². The quantitative estimate of drug-likeness (QED) is 0.0737. The molecule has 3 N–H and O–H groups in total. The minimum absolute atomic E-state index is 0.0135. The molecule has 0 saturated heterocycles. The third-order valence-electron chi connectivity index (χ3n) is 5.86. The number of hydrogen-bond donors (Lipinski definition) is 3. The lowest BCUT2D eigenvalue weighted by Crippen LogP contribution is -2.15. The number of ether oxygens (including phenoxy) is 2. The Balaban J connectivity index is 1.69. The normalized spacial score (nSPS) is 10.4. The van der Waals surface area contributed by atoms with Crippen molar-refractivity contribution >= 4 is 63.4 Å². The van der Waals surface area contributed by atoms with Crippen LogP contribution in [0.3, 0.4) is 0 Å². The number of benzene rings is 4. The maximum atomic E-state index is 13.1.